The van der Waals surface area contributed by atoms with E-state index in [4.69, 9.17) is 4.74 Å². The predicted molar refractivity (Wildman–Crippen MR) is 83.0 cm³/mol. The van der Waals surface area contributed by atoms with Crippen molar-refractivity contribution < 1.29 is 4.74 Å². The molecule has 1 aromatic rings. The zero-order valence-electron chi connectivity index (χ0n) is 12.5. The molecule has 0 fully saturated rings. The molecule has 4 heteroatoms. The Morgan fingerprint density at radius 3 is 2.74 bits per heavy atom. The number of aryl methyl sites for hydroxylation is 2. The van der Waals surface area contributed by atoms with Crippen LogP contribution in [0.2, 0.25) is 0 Å². The second-order valence-corrected chi connectivity index (χ2v) is 6.11. The fourth-order valence-electron chi connectivity index (χ4n) is 1.75. The molecule has 1 heterocycles. The topological polar surface area (TPSA) is 34.2 Å². The summed E-state index contributed by atoms with van der Waals surface area (Å²) in [7, 11) is 0. The predicted octanol–water partition coefficient (Wildman–Crippen LogP) is 3.20. The van der Waals surface area contributed by atoms with Gasteiger partial charge in [-0.25, -0.2) is 4.98 Å². The Bertz CT molecular complexity index is 349. The van der Waals surface area contributed by atoms with E-state index in [1.54, 1.807) is 0 Å². The summed E-state index contributed by atoms with van der Waals surface area (Å²) in [4.78, 5) is 4.52. The number of pyridine rings is 1. The van der Waals surface area contributed by atoms with E-state index in [1.165, 1.54) is 5.56 Å². The lowest BCUT2D eigenvalue weighted by Gasteiger charge is -2.08. The van der Waals surface area contributed by atoms with Crippen molar-refractivity contribution in [1.29, 1.82) is 0 Å². The van der Waals surface area contributed by atoms with Gasteiger partial charge in [0.15, 0.2) is 0 Å². The molecule has 0 aromatic carbocycles. The Morgan fingerprint density at radius 1 is 1.26 bits per heavy atom. The Labute approximate surface area is 121 Å². The van der Waals surface area contributed by atoms with Crippen LogP contribution in [0.15, 0.2) is 17.2 Å². The van der Waals surface area contributed by atoms with Gasteiger partial charge in [0.05, 0.1) is 11.1 Å². The van der Waals surface area contributed by atoms with E-state index in [0.717, 1.165) is 42.6 Å². The van der Waals surface area contributed by atoms with Crippen molar-refractivity contribution in [2.75, 3.05) is 25.4 Å². The standard InChI is InChI=1S/C15H26N2OS/c1-12(2)18-8-5-6-16-7-9-19-15-11-13(3)10-14(4)17-15/h10-12,16H,5-9H2,1-4H3. The van der Waals surface area contributed by atoms with Gasteiger partial charge in [-0.2, -0.15) is 0 Å². The highest BCUT2D eigenvalue weighted by Gasteiger charge is 1.98. The molecule has 0 saturated heterocycles. The van der Waals surface area contributed by atoms with Crippen molar-refractivity contribution in [1.82, 2.24) is 10.3 Å². The molecule has 1 N–H and O–H groups in total. The van der Waals surface area contributed by atoms with E-state index in [1.807, 2.05) is 18.7 Å². The first-order valence-electron chi connectivity index (χ1n) is 6.98. The maximum atomic E-state index is 5.49. The number of ether oxygens (including phenoxy) is 1. The van der Waals surface area contributed by atoms with Gasteiger partial charge in [-0.1, -0.05) is 0 Å². The quantitative estimate of drug-likeness (QED) is 0.557. The van der Waals surface area contributed by atoms with Gasteiger partial charge < -0.3 is 10.1 Å². The van der Waals surface area contributed by atoms with E-state index < -0.39 is 0 Å². The summed E-state index contributed by atoms with van der Waals surface area (Å²) in [6.07, 6.45) is 1.41. The number of nitrogens with zero attached hydrogens (tertiary/aromatic N) is 1. The van der Waals surface area contributed by atoms with Gasteiger partial charge in [0.25, 0.3) is 0 Å². The molecule has 0 saturated carbocycles. The maximum Gasteiger partial charge on any atom is 0.0966 e. The lowest BCUT2D eigenvalue weighted by atomic mass is 10.3. The van der Waals surface area contributed by atoms with Crippen LogP contribution in [0.3, 0.4) is 0 Å². The molecule has 1 rings (SSSR count). The van der Waals surface area contributed by atoms with Gasteiger partial charge >= 0.3 is 0 Å². The number of aromatic nitrogens is 1. The Morgan fingerprint density at radius 2 is 2.05 bits per heavy atom. The maximum absolute atomic E-state index is 5.49. The van der Waals surface area contributed by atoms with Gasteiger partial charge in [-0.3, -0.25) is 0 Å². The van der Waals surface area contributed by atoms with E-state index in [-0.39, 0.29) is 0 Å². The highest BCUT2D eigenvalue weighted by molar-refractivity contribution is 7.99. The van der Waals surface area contributed by atoms with Crippen molar-refractivity contribution in [2.45, 2.75) is 45.2 Å². The van der Waals surface area contributed by atoms with Gasteiger partial charge in [-0.05, 0) is 58.4 Å². The van der Waals surface area contributed by atoms with Crippen LogP contribution in [0.4, 0.5) is 0 Å². The van der Waals surface area contributed by atoms with Gasteiger partial charge in [-0.15, -0.1) is 11.8 Å². The number of hydrogen-bond donors (Lipinski definition) is 1. The minimum Gasteiger partial charge on any atom is -0.379 e. The van der Waals surface area contributed by atoms with Crippen molar-refractivity contribution in [2.24, 2.45) is 0 Å². The third kappa shape index (κ3) is 8.24. The van der Waals surface area contributed by atoms with E-state index in [2.05, 4.69) is 43.2 Å². The fourth-order valence-corrected chi connectivity index (χ4v) is 2.68. The lowest BCUT2D eigenvalue weighted by molar-refractivity contribution is 0.0772. The van der Waals surface area contributed by atoms with Crippen LogP contribution >= 0.6 is 11.8 Å². The first kappa shape index (κ1) is 16.5. The molecule has 19 heavy (non-hydrogen) atoms. The van der Waals surface area contributed by atoms with Crippen LogP contribution in [-0.4, -0.2) is 36.5 Å². The molecule has 108 valence electrons. The highest BCUT2D eigenvalue weighted by atomic mass is 32.2. The zero-order chi connectivity index (χ0) is 14.1. The van der Waals surface area contributed by atoms with E-state index in [0.29, 0.717) is 6.10 Å². The molecule has 0 radical (unpaired) electrons. The van der Waals surface area contributed by atoms with Crippen LogP contribution in [0.1, 0.15) is 31.5 Å². The second kappa shape index (κ2) is 9.34. The summed E-state index contributed by atoms with van der Waals surface area (Å²) < 4.78 is 5.49. The van der Waals surface area contributed by atoms with Crippen LogP contribution < -0.4 is 5.32 Å². The Balaban J connectivity index is 2.04. The van der Waals surface area contributed by atoms with Crippen molar-refractivity contribution >= 4 is 11.8 Å². The fraction of sp³-hybridized carbons (Fsp3) is 0.667. The summed E-state index contributed by atoms with van der Waals surface area (Å²) in [6.45, 7) is 11.2. The number of nitrogens with one attached hydrogen (secondary N) is 1. The van der Waals surface area contributed by atoms with Crippen molar-refractivity contribution in [3.05, 3.63) is 23.4 Å². The molecular weight excluding hydrogens is 256 g/mol. The summed E-state index contributed by atoms with van der Waals surface area (Å²) in [5.41, 5.74) is 2.38. The molecule has 0 aliphatic carbocycles. The Hall–Kier alpha value is -0.580. The van der Waals surface area contributed by atoms with Gasteiger partial charge in [0.1, 0.15) is 0 Å². The van der Waals surface area contributed by atoms with Gasteiger partial charge in [0, 0.05) is 24.6 Å². The molecule has 0 bridgehead atoms. The summed E-state index contributed by atoms with van der Waals surface area (Å²) in [5, 5.41) is 4.56. The first-order valence-corrected chi connectivity index (χ1v) is 7.97. The van der Waals surface area contributed by atoms with E-state index >= 15 is 0 Å². The minimum atomic E-state index is 0.339. The molecule has 0 atom stereocenters. The van der Waals surface area contributed by atoms with E-state index in [9.17, 15) is 0 Å². The van der Waals surface area contributed by atoms with Crippen LogP contribution in [-0.2, 0) is 4.74 Å². The molecule has 0 aliphatic rings. The van der Waals surface area contributed by atoms with Crippen LogP contribution in [0.25, 0.3) is 0 Å². The molecular formula is C15H26N2OS. The van der Waals surface area contributed by atoms with Crippen LogP contribution in [0, 0.1) is 13.8 Å². The Kier molecular flexibility index (Phi) is 8.10. The molecule has 0 unspecified atom stereocenters. The van der Waals surface area contributed by atoms with Gasteiger partial charge in [0.2, 0.25) is 0 Å². The molecule has 0 aliphatic heterocycles. The van der Waals surface area contributed by atoms with Crippen LogP contribution in [0.5, 0.6) is 0 Å². The molecule has 0 amide bonds. The lowest BCUT2D eigenvalue weighted by Crippen LogP contribution is -2.20. The highest BCUT2D eigenvalue weighted by Crippen LogP contribution is 2.16. The number of rotatable bonds is 9. The monoisotopic (exact) mass is 282 g/mol. The zero-order valence-corrected chi connectivity index (χ0v) is 13.3. The molecule has 3 nitrogen and oxygen atoms in total. The summed E-state index contributed by atoms with van der Waals surface area (Å²) in [5.74, 6) is 1.06. The number of thioether (sulfide) groups is 1. The average molecular weight is 282 g/mol. The third-order valence-electron chi connectivity index (χ3n) is 2.55. The molecule has 1 aromatic heterocycles. The van der Waals surface area contributed by atoms with Crippen molar-refractivity contribution in [3.63, 3.8) is 0 Å². The van der Waals surface area contributed by atoms with Crippen molar-refractivity contribution in [3.8, 4) is 0 Å². The SMILES string of the molecule is Cc1cc(C)nc(SCCNCCCOC(C)C)c1. The second-order valence-electron chi connectivity index (χ2n) is 5.00. The summed E-state index contributed by atoms with van der Waals surface area (Å²) >= 11 is 1.81. The minimum absolute atomic E-state index is 0.339. The largest absolute Gasteiger partial charge is 0.379 e. The number of hydrogen-bond acceptors (Lipinski definition) is 4. The smallest absolute Gasteiger partial charge is 0.0966 e. The third-order valence-corrected chi connectivity index (χ3v) is 3.47. The summed E-state index contributed by atoms with van der Waals surface area (Å²) in [6, 6.07) is 4.26. The normalized spacial score (nSPS) is 11.2. The average Bonchev–Trinajstić information content (AvgIpc) is 2.31. The first-order chi connectivity index (χ1) is 9.08. The molecule has 0 spiro atoms.